The van der Waals surface area contributed by atoms with Crippen molar-refractivity contribution >= 4 is 0 Å². The minimum Gasteiger partial charge on any atom is -0.314 e. The molecule has 1 saturated carbocycles. The first-order valence-corrected chi connectivity index (χ1v) is 6.50. The molecule has 88 valence electrons. The first kappa shape index (κ1) is 11.4. The van der Waals surface area contributed by atoms with Gasteiger partial charge < -0.3 is 5.32 Å². The summed E-state index contributed by atoms with van der Waals surface area (Å²) in [7, 11) is 0. The Labute approximate surface area is 92.8 Å². The molecule has 1 saturated heterocycles. The quantitative estimate of drug-likeness (QED) is 0.705. The molecule has 1 N–H and O–H groups in total. The van der Waals surface area contributed by atoms with Crippen LogP contribution in [0.4, 0.5) is 4.39 Å². The van der Waals surface area contributed by atoms with Gasteiger partial charge in [-0.25, -0.2) is 4.39 Å². The normalized spacial score (nSPS) is 47.8. The average molecular weight is 213 g/mol. The summed E-state index contributed by atoms with van der Waals surface area (Å²) in [4.78, 5) is 0. The molecule has 0 bridgehead atoms. The van der Waals surface area contributed by atoms with E-state index in [9.17, 15) is 4.39 Å². The number of alkyl halides is 1. The van der Waals surface area contributed by atoms with Crippen LogP contribution in [0.5, 0.6) is 0 Å². The Morgan fingerprint density at radius 2 is 1.80 bits per heavy atom. The Balaban J connectivity index is 2.01. The molecule has 0 aromatic carbocycles. The molecule has 1 heterocycles. The summed E-state index contributed by atoms with van der Waals surface area (Å²) >= 11 is 0. The molecule has 0 amide bonds. The fourth-order valence-electron chi connectivity index (χ4n) is 3.61. The maximum Gasteiger partial charge on any atom is 0.126 e. The molecular formula is C13H24FN. The van der Waals surface area contributed by atoms with E-state index in [1.165, 1.54) is 6.42 Å². The van der Waals surface area contributed by atoms with Crippen molar-refractivity contribution in [3.05, 3.63) is 0 Å². The number of hydrogen-bond donors (Lipinski definition) is 1. The number of piperidine rings is 1. The average Bonchev–Trinajstić information content (AvgIpc) is 2.17. The number of nitrogens with one attached hydrogen (secondary N) is 1. The highest BCUT2D eigenvalue weighted by atomic mass is 19.1. The minimum atomic E-state index is -0.902. The van der Waals surface area contributed by atoms with Gasteiger partial charge in [0.2, 0.25) is 0 Å². The van der Waals surface area contributed by atoms with Crippen LogP contribution in [0.15, 0.2) is 0 Å². The molecule has 2 aliphatic rings. The SMILES string of the molecule is CC1CC(C)CC(C2(F)CCCNC2)C1. The van der Waals surface area contributed by atoms with E-state index in [4.69, 9.17) is 0 Å². The lowest BCUT2D eigenvalue weighted by atomic mass is 9.68. The van der Waals surface area contributed by atoms with Gasteiger partial charge in [0.05, 0.1) is 0 Å². The molecule has 2 rings (SSSR count). The first-order valence-electron chi connectivity index (χ1n) is 6.50. The molecular weight excluding hydrogens is 189 g/mol. The van der Waals surface area contributed by atoms with Crippen LogP contribution in [0.1, 0.15) is 46.0 Å². The Morgan fingerprint density at radius 1 is 1.13 bits per heavy atom. The summed E-state index contributed by atoms with van der Waals surface area (Å²) in [6.45, 7) is 6.16. The van der Waals surface area contributed by atoms with Gasteiger partial charge in [-0.1, -0.05) is 13.8 Å². The van der Waals surface area contributed by atoms with Crippen LogP contribution < -0.4 is 5.32 Å². The molecule has 0 spiro atoms. The predicted octanol–water partition coefficient (Wildman–Crippen LogP) is 3.15. The molecule has 3 unspecified atom stereocenters. The lowest BCUT2D eigenvalue weighted by Gasteiger charge is -2.42. The predicted molar refractivity (Wildman–Crippen MR) is 61.6 cm³/mol. The van der Waals surface area contributed by atoms with Gasteiger partial charge in [0.1, 0.15) is 5.67 Å². The standard InChI is InChI=1S/C13H24FN/c1-10-6-11(2)8-12(7-10)13(14)4-3-5-15-9-13/h10-12,15H,3-9H2,1-2H3. The first-order chi connectivity index (χ1) is 7.10. The van der Waals surface area contributed by atoms with Gasteiger partial charge in [0, 0.05) is 6.54 Å². The summed E-state index contributed by atoms with van der Waals surface area (Å²) < 4.78 is 14.7. The van der Waals surface area contributed by atoms with Crippen molar-refractivity contribution in [2.45, 2.75) is 51.6 Å². The molecule has 2 heteroatoms. The highest BCUT2D eigenvalue weighted by Crippen LogP contribution is 2.43. The Hall–Kier alpha value is -0.110. The molecule has 0 radical (unpaired) electrons. The second kappa shape index (κ2) is 4.40. The zero-order valence-electron chi connectivity index (χ0n) is 10.1. The van der Waals surface area contributed by atoms with Crippen LogP contribution in [-0.2, 0) is 0 Å². The van der Waals surface area contributed by atoms with Gasteiger partial charge in [0.15, 0.2) is 0 Å². The molecule has 0 aromatic heterocycles. The van der Waals surface area contributed by atoms with Gasteiger partial charge >= 0.3 is 0 Å². The van der Waals surface area contributed by atoms with Crippen molar-refractivity contribution in [1.29, 1.82) is 0 Å². The van der Waals surface area contributed by atoms with E-state index in [2.05, 4.69) is 19.2 Å². The van der Waals surface area contributed by atoms with E-state index in [0.29, 0.717) is 24.3 Å². The molecule has 3 atom stereocenters. The summed E-state index contributed by atoms with van der Waals surface area (Å²) in [5.41, 5.74) is -0.902. The Kier molecular flexibility index (Phi) is 3.34. The molecule has 1 aliphatic heterocycles. The van der Waals surface area contributed by atoms with Crippen LogP contribution in [0.3, 0.4) is 0 Å². The number of hydrogen-bond acceptors (Lipinski definition) is 1. The highest BCUT2D eigenvalue weighted by molar-refractivity contribution is 4.95. The van der Waals surface area contributed by atoms with E-state index in [1.54, 1.807) is 0 Å². The summed E-state index contributed by atoms with van der Waals surface area (Å²) in [5, 5.41) is 3.23. The maximum atomic E-state index is 14.7. The molecule has 0 aromatic rings. The second-order valence-electron chi connectivity index (χ2n) is 5.93. The van der Waals surface area contributed by atoms with Crippen LogP contribution in [-0.4, -0.2) is 18.8 Å². The smallest absolute Gasteiger partial charge is 0.126 e. The van der Waals surface area contributed by atoms with Gasteiger partial charge in [-0.15, -0.1) is 0 Å². The number of rotatable bonds is 1. The van der Waals surface area contributed by atoms with Crippen molar-refractivity contribution in [1.82, 2.24) is 5.32 Å². The largest absolute Gasteiger partial charge is 0.314 e. The summed E-state index contributed by atoms with van der Waals surface area (Å²) in [5.74, 6) is 1.74. The summed E-state index contributed by atoms with van der Waals surface area (Å²) in [6, 6.07) is 0. The highest BCUT2D eigenvalue weighted by Gasteiger charge is 2.42. The minimum absolute atomic E-state index is 0.309. The fraction of sp³-hybridized carbons (Fsp3) is 1.00. The van der Waals surface area contributed by atoms with Crippen LogP contribution >= 0.6 is 0 Å². The van der Waals surface area contributed by atoms with Gasteiger partial charge in [-0.3, -0.25) is 0 Å². The van der Waals surface area contributed by atoms with Crippen LogP contribution in [0, 0.1) is 17.8 Å². The van der Waals surface area contributed by atoms with Gasteiger partial charge in [-0.2, -0.15) is 0 Å². The molecule has 1 nitrogen and oxygen atoms in total. The maximum absolute atomic E-state index is 14.7. The van der Waals surface area contributed by atoms with Crippen molar-refractivity contribution < 1.29 is 4.39 Å². The second-order valence-corrected chi connectivity index (χ2v) is 5.93. The van der Waals surface area contributed by atoms with Crippen molar-refractivity contribution in [2.75, 3.05) is 13.1 Å². The van der Waals surface area contributed by atoms with Gasteiger partial charge in [-0.05, 0) is 56.4 Å². The van der Waals surface area contributed by atoms with Crippen LogP contribution in [0.25, 0.3) is 0 Å². The van der Waals surface area contributed by atoms with Crippen molar-refractivity contribution in [2.24, 2.45) is 17.8 Å². The zero-order chi connectivity index (χ0) is 10.9. The van der Waals surface area contributed by atoms with E-state index in [1.807, 2.05) is 0 Å². The lowest BCUT2D eigenvalue weighted by molar-refractivity contribution is 0.00848. The van der Waals surface area contributed by atoms with E-state index in [0.717, 1.165) is 32.2 Å². The van der Waals surface area contributed by atoms with Crippen LogP contribution in [0.2, 0.25) is 0 Å². The van der Waals surface area contributed by atoms with E-state index < -0.39 is 5.67 Å². The van der Waals surface area contributed by atoms with E-state index in [-0.39, 0.29) is 0 Å². The van der Waals surface area contributed by atoms with E-state index >= 15 is 0 Å². The lowest BCUT2D eigenvalue weighted by Crippen LogP contribution is -2.49. The fourth-order valence-corrected chi connectivity index (χ4v) is 3.61. The van der Waals surface area contributed by atoms with Crippen molar-refractivity contribution in [3.63, 3.8) is 0 Å². The Morgan fingerprint density at radius 3 is 2.33 bits per heavy atom. The molecule has 2 fully saturated rings. The monoisotopic (exact) mass is 213 g/mol. The Bertz CT molecular complexity index is 201. The third-order valence-corrected chi connectivity index (χ3v) is 4.27. The molecule has 1 aliphatic carbocycles. The number of halogens is 1. The van der Waals surface area contributed by atoms with Gasteiger partial charge in [0.25, 0.3) is 0 Å². The molecule has 15 heavy (non-hydrogen) atoms. The topological polar surface area (TPSA) is 12.0 Å². The zero-order valence-corrected chi connectivity index (χ0v) is 10.1. The third-order valence-electron chi connectivity index (χ3n) is 4.27. The third kappa shape index (κ3) is 2.52. The van der Waals surface area contributed by atoms with Crippen molar-refractivity contribution in [3.8, 4) is 0 Å². The summed E-state index contributed by atoms with van der Waals surface area (Å²) in [6.07, 6.45) is 5.28.